The molecule has 4 unspecified atom stereocenters. The van der Waals surface area contributed by atoms with Gasteiger partial charge < -0.3 is 25.5 Å². The summed E-state index contributed by atoms with van der Waals surface area (Å²) in [6.07, 6.45) is -0.123. The molecule has 0 spiro atoms. The number of nitrogens with two attached hydrogens (primary N) is 1. The van der Waals surface area contributed by atoms with Crippen LogP contribution < -0.4 is 19.8 Å². The van der Waals surface area contributed by atoms with Crippen molar-refractivity contribution in [3.63, 3.8) is 0 Å². The SMILES string of the molecule is CC(c1ccccc1)N(C(=O)c1cc(C(N)=O)cc(N(C)S(C)(=O)=O)c1)C(C)C(O)C(NCc1cc(C(C)(C)C)ccc1O[Si](C)(C)C(C)(C)C)c1ccccc1. The summed E-state index contributed by atoms with van der Waals surface area (Å²) < 4.78 is 33.0. The highest BCUT2D eigenvalue weighted by molar-refractivity contribution is 7.92. The third-order valence-corrected chi connectivity index (χ3v) is 16.8. The van der Waals surface area contributed by atoms with E-state index in [1.165, 1.54) is 25.2 Å². The molecule has 0 fully saturated rings. The molecule has 4 rings (SSSR count). The molecule has 4 aromatic rings. The van der Waals surface area contributed by atoms with Gasteiger partial charge in [0.25, 0.3) is 5.91 Å². The number of aliphatic hydroxyl groups is 1. The monoisotopic (exact) mass is 814 g/mol. The van der Waals surface area contributed by atoms with Crippen molar-refractivity contribution in [3.8, 4) is 5.75 Å². The van der Waals surface area contributed by atoms with Crippen LogP contribution in [0.5, 0.6) is 5.75 Å². The van der Waals surface area contributed by atoms with Gasteiger partial charge in [0, 0.05) is 30.3 Å². The Bertz CT molecular complexity index is 2130. The van der Waals surface area contributed by atoms with Crippen molar-refractivity contribution >= 4 is 35.8 Å². The largest absolute Gasteiger partial charge is 0.543 e. The van der Waals surface area contributed by atoms with Crippen LogP contribution in [0, 0.1) is 0 Å². The summed E-state index contributed by atoms with van der Waals surface area (Å²) in [5.74, 6) is -0.529. The fourth-order valence-corrected chi connectivity index (χ4v) is 8.02. The normalized spacial score (nSPS) is 14.6. The van der Waals surface area contributed by atoms with Crippen LogP contribution in [-0.2, 0) is 22.0 Å². The first-order valence-corrected chi connectivity index (χ1v) is 24.1. The highest BCUT2D eigenvalue weighted by Crippen LogP contribution is 2.40. The molecule has 0 radical (unpaired) electrons. The standard InChI is InChI=1S/C45H62N4O6SSi/c1-30(32-19-15-13-16-20-32)49(43(52)35-25-34(42(46)51)27-38(28-35)48(9)56(10,53)54)31(2)41(50)40(33-21-17-14-18-22-33)47-29-36-26-37(44(3,4)5)23-24-39(36)55-57(11,12)45(6,7)8/h13-28,30-31,40-41,47,50H,29H2,1-12H3,(H2,46,51). The minimum atomic E-state index is -3.75. The number of primary amides is 1. The van der Waals surface area contributed by atoms with E-state index in [1.54, 1.807) is 11.8 Å². The van der Waals surface area contributed by atoms with E-state index in [9.17, 15) is 23.1 Å². The molecule has 0 bridgehead atoms. The third kappa shape index (κ3) is 10.9. The summed E-state index contributed by atoms with van der Waals surface area (Å²) in [4.78, 5) is 29.0. The molecule has 57 heavy (non-hydrogen) atoms. The lowest BCUT2D eigenvalue weighted by molar-refractivity contribution is 0.0130. The predicted molar refractivity (Wildman–Crippen MR) is 234 cm³/mol. The maximum absolute atomic E-state index is 14.9. The number of aliphatic hydroxyl groups excluding tert-OH is 1. The second-order valence-corrected chi connectivity index (χ2v) is 24.3. The topological polar surface area (TPSA) is 142 Å². The molecule has 0 heterocycles. The van der Waals surface area contributed by atoms with Crippen LogP contribution in [0.2, 0.25) is 18.1 Å². The van der Waals surface area contributed by atoms with Gasteiger partial charge in [-0.25, -0.2) is 8.42 Å². The number of nitrogens with one attached hydrogen (secondary N) is 1. The maximum Gasteiger partial charge on any atom is 0.254 e. The van der Waals surface area contributed by atoms with E-state index < -0.39 is 54.4 Å². The van der Waals surface area contributed by atoms with Crippen LogP contribution in [0.15, 0.2) is 97.1 Å². The number of hydrogen-bond acceptors (Lipinski definition) is 7. The lowest BCUT2D eigenvalue weighted by Crippen LogP contribution is -2.50. The Balaban J connectivity index is 1.83. The summed E-state index contributed by atoms with van der Waals surface area (Å²) in [6, 6.07) is 27.6. The van der Waals surface area contributed by atoms with E-state index in [0.717, 1.165) is 38.6 Å². The van der Waals surface area contributed by atoms with Crippen LogP contribution in [0.3, 0.4) is 0 Å². The van der Waals surface area contributed by atoms with Gasteiger partial charge in [-0.05, 0) is 78.4 Å². The Kier molecular flexibility index (Phi) is 13.9. The van der Waals surface area contributed by atoms with Crippen molar-refractivity contribution < 1.29 is 27.5 Å². The number of nitrogens with zero attached hydrogens (tertiary/aromatic N) is 2. The van der Waals surface area contributed by atoms with Gasteiger partial charge in [-0.15, -0.1) is 0 Å². The van der Waals surface area contributed by atoms with E-state index in [-0.39, 0.29) is 27.3 Å². The van der Waals surface area contributed by atoms with Crippen molar-refractivity contribution in [3.05, 3.63) is 130 Å². The van der Waals surface area contributed by atoms with Crippen molar-refractivity contribution in [2.24, 2.45) is 5.73 Å². The molecule has 2 amide bonds. The second kappa shape index (κ2) is 17.6. The van der Waals surface area contributed by atoms with E-state index in [2.05, 4.69) is 78.2 Å². The van der Waals surface area contributed by atoms with E-state index >= 15 is 0 Å². The fourth-order valence-electron chi connectivity index (χ4n) is 6.48. The minimum absolute atomic E-state index is 0.0242. The summed E-state index contributed by atoms with van der Waals surface area (Å²) in [5, 5.41) is 16.2. The van der Waals surface area contributed by atoms with Gasteiger partial charge in [-0.3, -0.25) is 13.9 Å². The van der Waals surface area contributed by atoms with Gasteiger partial charge in [0.1, 0.15) is 5.75 Å². The lowest BCUT2D eigenvalue weighted by atomic mass is 9.86. The number of hydrogen-bond donors (Lipinski definition) is 3. The van der Waals surface area contributed by atoms with Crippen LogP contribution in [-0.4, -0.2) is 64.0 Å². The van der Waals surface area contributed by atoms with Gasteiger partial charge in [-0.2, -0.15) is 0 Å². The Hall–Kier alpha value is -4.49. The first kappa shape index (κ1) is 45.2. The molecule has 4 atom stereocenters. The van der Waals surface area contributed by atoms with Gasteiger partial charge >= 0.3 is 0 Å². The molecule has 0 aliphatic heterocycles. The minimum Gasteiger partial charge on any atom is -0.543 e. The Morgan fingerprint density at radius 1 is 0.842 bits per heavy atom. The molecular weight excluding hydrogens is 753 g/mol. The summed E-state index contributed by atoms with van der Waals surface area (Å²) in [7, 11) is -4.63. The first-order valence-electron chi connectivity index (χ1n) is 19.4. The highest BCUT2D eigenvalue weighted by Gasteiger charge is 2.40. The Labute approximate surface area is 341 Å². The first-order chi connectivity index (χ1) is 26.3. The number of anilines is 1. The van der Waals surface area contributed by atoms with Crippen molar-refractivity contribution in [2.45, 2.75) is 110 Å². The zero-order valence-corrected chi connectivity index (χ0v) is 37.4. The van der Waals surface area contributed by atoms with Gasteiger partial charge in [0.15, 0.2) is 0 Å². The van der Waals surface area contributed by atoms with Crippen LogP contribution in [0.25, 0.3) is 0 Å². The third-order valence-electron chi connectivity index (χ3n) is 11.3. The van der Waals surface area contributed by atoms with E-state index in [0.29, 0.717) is 6.54 Å². The Morgan fingerprint density at radius 3 is 1.89 bits per heavy atom. The number of carbonyl (C=O) groups excluding carboxylic acids is 2. The number of benzene rings is 4. The number of carbonyl (C=O) groups is 2. The Morgan fingerprint density at radius 2 is 1.39 bits per heavy atom. The van der Waals surface area contributed by atoms with Crippen molar-refractivity contribution in [1.29, 1.82) is 0 Å². The smallest absolute Gasteiger partial charge is 0.254 e. The molecule has 0 aromatic heterocycles. The molecule has 0 saturated carbocycles. The highest BCUT2D eigenvalue weighted by atomic mass is 32.2. The van der Waals surface area contributed by atoms with Crippen LogP contribution >= 0.6 is 0 Å². The van der Waals surface area contributed by atoms with Crippen LogP contribution in [0.4, 0.5) is 5.69 Å². The fraction of sp³-hybridized carbons (Fsp3) is 0.422. The molecule has 308 valence electrons. The lowest BCUT2D eigenvalue weighted by Gasteiger charge is -2.40. The molecule has 0 aliphatic carbocycles. The quantitative estimate of drug-likeness (QED) is 0.103. The second-order valence-electron chi connectivity index (χ2n) is 17.6. The summed E-state index contributed by atoms with van der Waals surface area (Å²) >= 11 is 0. The molecule has 4 aromatic carbocycles. The zero-order valence-electron chi connectivity index (χ0n) is 35.6. The average Bonchev–Trinajstić information content (AvgIpc) is 3.14. The zero-order chi connectivity index (χ0) is 42.7. The molecule has 0 saturated heterocycles. The van der Waals surface area contributed by atoms with Crippen molar-refractivity contribution in [2.75, 3.05) is 17.6 Å². The van der Waals surface area contributed by atoms with E-state index in [4.69, 9.17) is 10.2 Å². The average molecular weight is 815 g/mol. The number of rotatable bonds is 15. The van der Waals surface area contributed by atoms with Gasteiger partial charge in [0.2, 0.25) is 24.2 Å². The van der Waals surface area contributed by atoms with Crippen molar-refractivity contribution in [1.82, 2.24) is 10.2 Å². The van der Waals surface area contributed by atoms with Crippen LogP contribution in [0.1, 0.15) is 110 Å². The van der Waals surface area contributed by atoms with Gasteiger partial charge in [0.05, 0.1) is 36.2 Å². The molecule has 12 heteroatoms. The summed E-state index contributed by atoms with van der Waals surface area (Å²) in [6.45, 7) is 21.6. The molecular formula is C45H62N4O6SSi. The number of sulfonamides is 1. The predicted octanol–water partition coefficient (Wildman–Crippen LogP) is 8.35. The molecule has 10 nitrogen and oxygen atoms in total. The van der Waals surface area contributed by atoms with Gasteiger partial charge in [-0.1, -0.05) is 114 Å². The van der Waals surface area contributed by atoms with E-state index in [1.807, 2.05) is 67.6 Å². The molecule has 0 aliphatic rings. The summed E-state index contributed by atoms with van der Waals surface area (Å²) in [5.41, 5.74) is 9.46. The maximum atomic E-state index is 14.9. The number of amides is 2. The molecule has 4 N–H and O–H groups in total.